The summed E-state index contributed by atoms with van der Waals surface area (Å²) in [5.74, 6) is 0.442. The number of benzene rings is 1. The zero-order chi connectivity index (χ0) is 12.3. The lowest BCUT2D eigenvalue weighted by Gasteiger charge is -2.09. The van der Waals surface area contributed by atoms with E-state index in [2.05, 4.69) is 0 Å². The average Bonchev–Trinajstić information content (AvgIpc) is 2.80. The first-order valence-corrected chi connectivity index (χ1v) is 5.37. The van der Waals surface area contributed by atoms with Gasteiger partial charge >= 0.3 is 0 Å². The van der Waals surface area contributed by atoms with Gasteiger partial charge in [-0.15, -0.1) is 0 Å². The Morgan fingerprint density at radius 1 is 1.41 bits per heavy atom. The average molecular weight is 235 g/mol. The molecular formula is C13H14FNO2. The van der Waals surface area contributed by atoms with E-state index in [9.17, 15) is 4.39 Å². The predicted octanol–water partition coefficient (Wildman–Crippen LogP) is 3.02. The van der Waals surface area contributed by atoms with E-state index in [0.717, 1.165) is 5.56 Å². The zero-order valence-corrected chi connectivity index (χ0v) is 9.52. The zero-order valence-electron chi connectivity index (χ0n) is 9.52. The highest BCUT2D eigenvalue weighted by molar-refractivity contribution is 5.30. The third-order valence-electron chi connectivity index (χ3n) is 2.43. The molecule has 0 bridgehead atoms. The maximum Gasteiger partial charge on any atom is 0.165 e. The van der Waals surface area contributed by atoms with E-state index in [4.69, 9.17) is 14.9 Å². The Labute approximate surface area is 99.0 Å². The summed E-state index contributed by atoms with van der Waals surface area (Å²) in [4.78, 5) is 0. The molecule has 2 rings (SSSR count). The summed E-state index contributed by atoms with van der Waals surface area (Å²) >= 11 is 0. The second-order valence-corrected chi connectivity index (χ2v) is 3.85. The van der Waals surface area contributed by atoms with E-state index in [-0.39, 0.29) is 18.4 Å². The number of hydrogen-bond acceptors (Lipinski definition) is 3. The first-order valence-electron chi connectivity index (χ1n) is 5.37. The Kier molecular flexibility index (Phi) is 3.44. The quantitative estimate of drug-likeness (QED) is 0.886. The van der Waals surface area contributed by atoms with E-state index in [1.807, 2.05) is 0 Å². The van der Waals surface area contributed by atoms with E-state index in [1.165, 1.54) is 6.07 Å². The molecule has 90 valence electrons. The largest absolute Gasteiger partial charge is 0.483 e. The molecule has 0 fully saturated rings. The van der Waals surface area contributed by atoms with Gasteiger partial charge in [0.25, 0.3) is 0 Å². The second kappa shape index (κ2) is 5.01. The van der Waals surface area contributed by atoms with Crippen molar-refractivity contribution in [3.8, 4) is 5.75 Å². The van der Waals surface area contributed by atoms with E-state index in [0.29, 0.717) is 5.76 Å². The Hall–Kier alpha value is -1.81. The van der Waals surface area contributed by atoms with Crippen molar-refractivity contribution in [1.82, 2.24) is 0 Å². The molecule has 0 aliphatic heterocycles. The number of hydrogen-bond donors (Lipinski definition) is 1. The molecule has 2 aromatic rings. The van der Waals surface area contributed by atoms with E-state index >= 15 is 0 Å². The normalized spacial score (nSPS) is 12.4. The third-order valence-corrected chi connectivity index (χ3v) is 2.43. The highest BCUT2D eigenvalue weighted by Crippen LogP contribution is 2.22. The van der Waals surface area contributed by atoms with Crippen LogP contribution >= 0.6 is 0 Å². The van der Waals surface area contributed by atoms with Crippen molar-refractivity contribution in [1.29, 1.82) is 0 Å². The number of ether oxygens (including phenoxy) is 1. The van der Waals surface area contributed by atoms with Crippen LogP contribution in [0.4, 0.5) is 4.39 Å². The first kappa shape index (κ1) is 11.7. The van der Waals surface area contributed by atoms with Gasteiger partial charge in [0.2, 0.25) is 0 Å². The molecule has 4 heteroatoms. The van der Waals surface area contributed by atoms with Crippen LogP contribution in [-0.2, 0) is 6.61 Å². The van der Waals surface area contributed by atoms with Crippen LogP contribution in [-0.4, -0.2) is 0 Å². The molecular weight excluding hydrogens is 221 g/mol. The van der Waals surface area contributed by atoms with Gasteiger partial charge in [-0.05, 0) is 36.8 Å². The Bertz CT molecular complexity index is 480. The molecule has 2 N–H and O–H groups in total. The van der Waals surface area contributed by atoms with Gasteiger partial charge in [-0.2, -0.15) is 0 Å². The van der Waals surface area contributed by atoms with E-state index in [1.54, 1.807) is 37.5 Å². The van der Waals surface area contributed by atoms with Gasteiger partial charge in [0.05, 0.1) is 6.26 Å². The Balaban J connectivity index is 2.06. The SMILES string of the molecule is C[C@H](N)c1ccc(OCc2ccco2)c(F)c1. The molecule has 1 aromatic heterocycles. The van der Waals surface area contributed by atoms with Crippen molar-refractivity contribution in [2.75, 3.05) is 0 Å². The molecule has 0 amide bonds. The molecule has 0 aliphatic carbocycles. The molecule has 0 unspecified atom stereocenters. The van der Waals surface area contributed by atoms with Crippen molar-refractivity contribution in [3.05, 3.63) is 53.7 Å². The second-order valence-electron chi connectivity index (χ2n) is 3.85. The van der Waals surface area contributed by atoms with Gasteiger partial charge in [-0.1, -0.05) is 6.07 Å². The van der Waals surface area contributed by atoms with Crippen LogP contribution in [0.5, 0.6) is 5.75 Å². The molecule has 0 saturated heterocycles. The Morgan fingerprint density at radius 3 is 2.82 bits per heavy atom. The van der Waals surface area contributed by atoms with E-state index < -0.39 is 5.82 Å². The van der Waals surface area contributed by atoms with Crippen LogP contribution in [0.15, 0.2) is 41.0 Å². The van der Waals surface area contributed by atoms with Crippen molar-refractivity contribution >= 4 is 0 Å². The lowest BCUT2D eigenvalue weighted by Crippen LogP contribution is -2.05. The minimum absolute atomic E-state index is 0.191. The highest BCUT2D eigenvalue weighted by Gasteiger charge is 2.08. The minimum Gasteiger partial charge on any atom is -0.483 e. The van der Waals surface area contributed by atoms with Crippen molar-refractivity contribution in [2.24, 2.45) is 5.73 Å². The highest BCUT2D eigenvalue weighted by atomic mass is 19.1. The molecule has 1 aromatic carbocycles. The maximum absolute atomic E-state index is 13.6. The van der Waals surface area contributed by atoms with Crippen LogP contribution < -0.4 is 10.5 Å². The fourth-order valence-electron chi connectivity index (χ4n) is 1.46. The van der Waals surface area contributed by atoms with Crippen molar-refractivity contribution in [3.63, 3.8) is 0 Å². The Morgan fingerprint density at radius 2 is 2.24 bits per heavy atom. The molecule has 0 aliphatic rings. The van der Waals surface area contributed by atoms with Crippen molar-refractivity contribution < 1.29 is 13.5 Å². The van der Waals surface area contributed by atoms with Gasteiger partial charge < -0.3 is 14.9 Å². The molecule has 1 heterocycles. The van der Waals surface area contributed by atoms with Crippen LogP contribution in [0.2, 0.25) is 0 Å². The van der Waals surface area contributed by atoms with Gasteiger partial charge in [-0.3, -0.25) is 0 Å². The summed E-state index contributed by atoms with van der Waals surface area (Å²) in [6.07, 6.45) is 1.55. The summed E-state index contributed by atoms with van der Waals surface area (Å²) in [7, 11) is 0. The third kappa shape index (κ3) is 2.85. The molecule has 0 radical (unpaired) electrons. The maximum atomic E-state index is 13.6. The lowest BCUT2D eigenvalue weighted by atomic mass is 10.1. The fraction of sp³-hybridized carbons (Fsp3) is 0.231. The van der Waals surface area contributed by atoms with Gasteiger partial charge in [0, 0.05) is 6.04 Å². The molecule has 0 spiro atoms. The van der Waals surface area contributed by atoms with Crippen LogP contribution in [0.25, 0.3) is 0 Å². The molecule has 3 nitrogen and oxygen atoms in total. The smallest absolute Gasteiger partial charge is 0.165 e. The van der Waals surface area contributed by atoms with Gasteiger partial charge in [0.1, 0.15) is 12.4 Å². The summed E-state index contributed by atoms with van der Waals surface area (Å²) in [6, 6.07) is 8.07. The predicted molar refractivity (Wildman–Crippen MR) is 62.0 cm³/mol. The monoisotopic (exact) mass is 235 g/mol. The summed E-state index contributed by atoms with van der Waals surface area (Å²) < 4.78 is 24.0. The van der Waals surface area contributed by atoms with Gasteiger partial charge in [0.15, 0.2) is 11.6 Å². The van der Waals surface area contributed by atoms with Gasteiger partial charge in [-0.25, -0.2) is 4.39 Å². The summed E-state index contributed by atoms with van der Waals surface area (Å²) in [5, 5.41) is 0. The van der Waals surface area contributed by atoms with Crippen molar-refractivity contribution in [2.45, 2.75) is 19.6 Å². The molecule has 1 atom stereocenters. The van der Waals surface area contributed by atoms with Crippen LogP contribution in [0.1, 0.15) is 24.3 Å². The summed E-state index contributed by atoms with van der Waals surface area (Å²) in [6.45, 7) is 2.01. The molecule has 0 saturated carbocycles. The fourth-order valence-corrected chi connectivity index (χ4v) is 1.46. The number of furan rings is 1. The lowest BCUT2D eigenvalue weighted by molar-refractivity contribution is 0.258. The standard InChI is InChI=1S/C13H14FNO2/c1-9(15)10-4-5-13(12(14)7-10)17-8-11-3-2-6-16-11/h2-7,9H,8,15H2,1H3/t9-/m0/s1. The minimum atomic E-state index is -0.411. The van der Waals surface area contributed by atoms with Crippen LogP contribution in [0.3, 0.4) is 0 Å². The number of rotatable bonds is 4. The summed E-state index contributed by atoms with van der Waals surface area (Å²) in [5.41, 5.74) is 6.40. The van der Waals surface area contributed by atoms with Crippen LogP contribution in [0, 0.1) is 5.82 Å². The first-order chi connectivity index (χ1) is 8.16. The topological polar surface area (TPSA) is 48.4 Å². The number of halogens is 1. The molecule has 17 heavy (non-hydrogen) atoms. The number of nitrogens with two attached hydrogens (primary N) is 1.